The Kier molecular flexibility index (Phi) is 18.3. The van der Waals surface area contributed by atoms with Crippen molar-refractivity contribution in [2.24, 2.45) is 11.8 Å². The first-order chi connectivity index (χ1) is 20.1. The molecule has 232 valence electrons. The van der Waals surface area contributed by atoms with Crippen LogP contribution in [-0.2, 0) is 27.2 Å². The van der Waals surface area contributed by atoms with Crippen LogP contribution in [0.15, 0.2) is 72.8 Å². The van der Waals surface area contributed by atoms with Gasteiger partial charge in [-0.3, -0.25) is 4.79 Å². The Morgan fingerprint density at radius 3 is 1.27 bits per heavy atom. The maximum Gasteiger partial charge on any atom is 3.00 e. The SMILES string of the molecule is CC(=O)Oc1ccccc1C(=O)[O-].CC(C)Cc1ccc(C(C)C(=O)[O-])cc1.CC(C)Cc1ccc(C(C)C(=O)[O-])cc1.[Al+3]. The molecule has 0 aliphatic heterocycles. The van der Waals surface area contributed by atoms with E-state index >= 15 is 0 Å². The van der Waals surface area contributed by atoms with Gasteiger partial charge in [0.05, 0.1) is 5.97 Å². The zero-order valence-corrected chi connectivity index (χ0v) is 27.6. The molecule has 2 unspecified atom stereocenters. The van der Waals surface area contributed by atoms with Crippen LogP contribution in [0.2, 0.25) is 0 Å². The van der Waals surface area contributed by atoms with E-state index in [9.17, 15) is 34.5 Å². The number of carbonyl (C=O) groups is 4. The summed E-state index contributed by atoms with van der Waals surface area (Å²) in [7, 11) is 0. The predicted molar refractivity (Wildman–Crippen MR) is 165 cm³/mol. The van der Waals surface area contributed by atoms with Gasteiger partial charge in [-0.25, -0.2) is 0 Å². The first kappa shape index (κ1) is 40.1. The summed E-state index contributed by atoms with van der Waals surface area (Å²) in [5.74, 6) is -3.78. The molecule has 2 atom stereocenters. The molecule has 3 rings (SSSR count). The fourth-order valence-corrected chi connectivity index (χ4v) is 3.98. The Labute approximate surface area is 271 Å². The van der Waals surface area contributed by atoms with Crippen molar-refractivity contribution in [1.29, 1.82) is 0 Å². The van der Waals surface area contributed by atoms with Gasteiger partial charge in [0.2, 0.25) is 0 Å². The molecule has 0 bridgehead atoms. The third-order valence-electron chi connectivity index (χ3n) is 6.32. The molecule has 9 heteroatoms. The normalized spacial score (nSPS) is 11.5. The minimum absolute atomic E-state index is 0. The Morgan fingerprint density at radius 1 is 0.614 bits per heavy atom. The molecular weight excluding hydrogens is 575 g/mol. The van der Waals surface area contributed by atoms with Gasteiger partial charge in [0.1, 0.15) is 5.75 Å². The Balaban J connectivity index is 0.000000625. The van der Waals surface area contributed by atoms with Crippen LogP contribution in [0.4, 0.5) is 0 Å². The predicted octanol–water partition coefficient (Wildman–Crippen LogP) is 3.07. The summed E-state index contributed by atoms with van der Waals surface area (Å²) < 4.78 is 4.65. The molecule has 3 aromatic carbocycles. The second kappa shape index (κ2) is 20.1. The smallest absolute Gasteiger partial charge is 0.550 e. The van der Waals surface area contributed by atoms with E-state index in [0.717, 1.165) is 24.0 Å². The van der Waals surface area contributed by atoms with Gasteiger partial charge in [-0.1, -0.05) is 102 Å². The first-order valence-corrected chi connectivity index (χ1v) is 14.2. The molecule has 0 fully saturated rings. The Hall–Kier alpha value is -3.93. The molecule has 0 amide bonds. The number of carbonyl (C=O) groups excluding carboxylic acids is 4. The monoisotopic (exact) mass is 616 g/mol. The van der Waals surface area contributed by atoms with Crippen LogP contribution in [0.5, 0.6) is 5.75 Å². The number of carboxylic acid groups (broad SMARTS) is 3. The minimum atomic E-state index is -1.36. The molecule has 8 nitrogen and oxygen atoms in total. The van der Waals surface area contributed by atoms with E-state index < -0.39 is 35.7 Å². The summed E-state index contributed by atoms with van der Waals surface area (Å²) in [5, 5.41) is 31.8. The fraction of sp³-hybridized carbons (Fsp3) is 0.371. The van der Waals surface area contributed by atoms with Crippen LogP contribution in [0.25, 0.3) is 0 Å². The van der Waals surface area contributed by atoms with Crippen LogP contribution in [-0.4, -0.2) is 41.2 Å². The zero-order valence-electron chi connectivity index (χ0n) is 26.5. The number of carboxylic acids is 3. The van der Waals surface area contributed by atoms with Gasteiger partial charge in [-0.15, -0.1) is 0 Å². The van der Waals surface area contributed by atoms with Gasteiger partial charge in [0.15, 0.2) is 0 Å². The van der Waals surface area contributed by atoms with E-state index in [1.54, 1.807) is 19.9 Å². The number of benzene rings is 3. The van der Waals surface area contributed by atoms with E-state index in [0.29, 0.717) is 11.8 Å². The third-order valence-corrected chi connectivity index (χ3v) is 6.32. The van der Waals surface area contributed by atoms with Gasteiger partial charge < -0.3 is 34.4 Å². The quantitative estimate of drug-likeness (QED) is 0.192. The van der Waals surface area contributed by atoms with Crippen molar-refractivity contribution in [3.8, 4) is 5.75 Å². The van der Waals surface area contributed by atoms with Crippen molar-refractivity contribution in [2.45, 2.75) is 73.1 Å². The van der Waals surface area contributed by atoms with Crippen molar-refractivity contribution in [3.05, 3.63) is 101 Å². The minimum Gasteiger partial charge on any atom is -0.550 e. The van der Waals surface area contributed by atoms with Crippen LogP contribution in [0.3, 0.4) is 0 Å². The Bertz CT molecular complexity index is 1260. The van der Waals surface area contributed by atoms with Gasteiger partial charge in [0, 0.05) is 36.3 Å². The van der Waals surface area contributed by atoms with E-state index in [-0.39, 0.29) is 28.7 Å². The average Bonchev–Trinajstić information content (AvgIpc) is 2.93. The van der Waals surface area contributed by atoms with E-state index in [4.69, 9.17) is 0 Å². The summed E-state index contributed by atoms with van der Waals surface area (Å²) in [6.07, 6.45) is 2.06. The molecule has 0 saturated heterocycles. The molecule has 0 N–H and O–H groups in total. The van der Waals surface area contributed by atoms with Gasteiger partial charge in [-0.05, 0) is 59.1 Å². The van der Waals surface area contributed by atoms with Crippen molar-refractivity contribution in [3.63, 3.8) is 0 Å². The number of hydrogen-bond donors (Lipinski definition) is 0. The molecule has 0 spiro atoms. The standard InChI is InChI=1S/2C13H18O2.C9H8O4.Al/c2*1-9(2)8-11-4-6-12(7-5-11)10(3)13(14)15;1-6(10)13-8-5-3-2-4-7(8)9(11)12;/h2*4-7,9-10H,8H2,1-3H3,(H,14,15);2-5H,1H3,(H,11,12);/q;;;+3/p-3. The van der Waals surface area contributed by atoms with Crippen LogP contribution in [0.1, 0.15) is 92.9 Å². The zero-order chi connectivity index (χ0) is 32.7. The second-order valence-electron chi connectivity index (χ2n) is 11.1. The summed E-state index contributed by atoms with van der Waals surface area (Å²) in [4.78, 5) is 42.4. The molecule has 0 heterocycles. The molecular formula is C35H41AlO8. The number of esters is 1. The van der Waals surface area contributed by atoms with Crippen molar-refractivity contribution < 1.29 is 39.2 Å². The number of aliphatic carboxylic acids is 2. The van der Waals surface area contributed by atoms with E-state index in [2.05, 4.69) is 32.4 Å². The number of para-hydroxylation sites is 1. The molecule has 0 aliphatic carbocycles. The Morgan fingerprint density at radius 2 is 0.977 bits per heavy atom. The summed E-state index contributed by atoms with van der Waals surface area (Å²) >= 11 is 0. The van der Waals surface area contributed by atoms with E-state index in [1.807, 2.05) is 48.5 Å². The molecule has 0 aromatic heterocycles. The number of rotatable bonds is 10. The maximum absolute atomic E-state index is 10.7. The van der Waals surface area contributed by atoms with Crippen LogP contribution in [0, 0.1) is 11.8 Å². The van der Waals surface area contributed by atoms with Crippen LogP contribution >= 0.6 is 0 Å². The fourth-order valence-electron chi connectivity index (χ4n) is 3.98. The van der Waals surface area contributed by atoms with Crippen LogP contribution < -0.4 is 20.1 Å². The molecule has 3 aromatic rings. The summed E-state index contributed by atoms with van der Waals surface area (Å²) in [5.41, 5.74) is 3.99. The second-order valence-corrected chi connectivity index (χ2v) is 11.1. The largest absolute Gasteiger partial charge is 3.00 e. The molecule has 44 heavy (non-hydrogen) atoms. The van der Waals surface area contributed by atoms with Crippen molar-refractivity contribution >= 4 is 41.2 Å². The van der Waals surface area contributed by atoms with E-state index in [1.165, 1.54) is 36.2 Å². The number of aromatic carboxylic acids is 1. The average molecular weight is 617 g/mol. The van der Waals surface area contributed by atoms with Crippen molar-refractivity contribution in [2.75, 3.05) is 0 Å². The first-order valence-electron chi connectivity index (χ1n) is 14.2. The van der Waals surface area contributed by atoms with Gasteiger partial charge >= 0.3 is 23.3 Å². The number of ether oxygens (including phenoxy) is 1. The van der Waals surface area contributed by atoms with Gasteiger partial charge in [-0.2, -0.15) is 0 Å². The number of hydrogen-bond acceptors (Lipinski definition) is 8. The molecule has 0 aliphatic rings. The summed E-state index contributed by atoms with van der Waals surface area (Å²) in [6.45, 7) is 13.1. The third kappa shape index (κ3) is 15.0. The molecule has 0 radical (unpaired) electrons. The van der Waals surface area contributed by atoms with Gasteiger partial charge in [0.25, 0.3) is 0 Å². The summed E-state index contributed by atoms with van der Waals surface area (Å²) in [6, 6.07) is 21.3. The molecule has 0 saturated carbocycles. The maximum atomic E-state index is 10.7. The topological polar surface area (TPSA) is 147 Å². The van der Waals surface area contributed by atoms with Crippen molar-refractivity contribution in [1.82, 2.24) is 0 Å².